The molecule has 2 aromatic rings. The molecule has 1 spiro atoms. The van der Waals surface area contributed by atoms with Crippen LogP contribution in [0.5, 0.6) is 0 Å². The Bertz CT molecular complexity index is 795. The Hall–Kier alpha value is -1.92. The highest BCUT2D eigenvalue weighted by Crippen LogP contribution is 2.39. The molecule has 1 unspecified atom stereocenters. The number of nitrogens with zero attached hydrogens (tertiary/aromatic N) is 4. The van der Waals surface area contributed by atoms with Crippen molar-refractivity contribution in [1.29, 1.82) is 0 Å². The molecular weight excluding hydrogens is 346 g/mol. The van der Waals surface area contributed by atoms with Gasteiger partial charge < -0.3 is 0 Å². The third kappa shape index (κ3) is 4.33. The number of hydrogen-bond acceptors (Lipinski definition) is 4. The normalized spacial score (nSPS) is 24.0. The van der Waals surface area contributed by atoms with Gasteiger partial charge in [-0.25, -0.2) is 18.7 Å². The summed E-state index contributed by atoms with van der Waals surface area (Å²) in [5.41, 5.74) is 2.31. The van der Waals surface area contributed by atoms with Crippen LogP contribution in [0.3, 0.4) is 0 Å². The molecule has 0 radical (unpaired) electrons. The van der Waals surface area contributed by atoms with Crippen molar-refractivity contribution in [2.45, 2.75) is 39.3 Å². The summed E-state index contributed by atoms with van der Waals surface area (Å²) in [5.74, 6) is -0.733. The fraction of sp³-hybridized carbons (Fsp3) is 0.524. The number of rotatable bonds is 4. The highest BCUT2D eigenvalue weighted by molar-refractivity contribution is 5.18. The lowest BCUT2D eigenvalue weighted by Gasteiger charge is -2.40. The maximum absolute atomic E-state index is 13.5. The first-order valence-electron chi connectivity index (χ1n) is 9.68. The molecule has 2 saturated heterocycles. The van der Waals surface area contributed by atoms with E-state index in [-0.39, 0.29) is 0 Å². The van der Waals surface area contributed by atoms with Gasteiger partial charge in [0, 0.05) is 44.1 Å². The van der Waals surface area contributed by atoms with E-state index in [1.54, 1.807) is 6.07 Å². The largest absolute Gasteiger partial charge is 0.298 e. The van der Waals surface area contributed by atoms with Crippen molar-refractivity contribution in [3.05, 3.63) is 59.2 Å². The third-order valence-electron chi connectivity index (χ3n) is 5.89. The van der Waals surface area contributed by atoms with Crippen LogP contribution >= 0.6 is 0 Å². The monoisotopic (exact) mass is 372 g/mol. The predicted molar refractivity (Wildman–Crippen MR) is 100.0 cm³/mol. The summed E-state index contributed by atoms with van der Waals surface area (Å²) < 4.78 is 26.7. The summed E-state index contributed by atoms with van der Waals surface area (Å²) in [7, 11) is 0. The summed E-state index contributed by atoms with van der Waals surface area (Å²) in [6, 6.07) is 4.25. The maximum atomic E-state index is 13.5. The minimum Gasteiger partial charge on any atom is -0.298 e. The van der Waals surface area contributed by atoms with E-state index < -0.39 is 11.6 Å². The number of benzene rings is 1. The van der Waals surface area contributed by atoms with Crippen LogP contribution in [0.1, 0.15) is 36.2 Å². The van der Waals surface area contributed by atoms with Gasteiger partial charge in [0.05, 0.1) is 0 Å². The highest BCUT2D eigenvalue weighted by Gasteiger charge is 2.41. The van der Waals surface area contributed by atoms with Crippen molar-refractivity contribution < 1.29 is 8.78 Å². The maximum Gasteiger partial charge on any atom is 0.159 e. The van der Waals surface area contributed by atoms with Crippen molar-refractivity contribution in [2.75, 3.05) is 26.2 Å². The molecule has 1 aromatic heterocycles. The van der Waals surface area contributed by atoms with E-state index in [4.69, 9.17) is 0 Å². The van der Waals surface area contributed by atoms with E-state index in [0.717, 1.165) is 56.1 Å². The molecule has 144 valence electrons. The van der Waals surface area contributed by atoms with E-state index in [1.807, 2.05) is 19.3 Å². The lowest BCUT2D eigenvalue weighted by Crippen LogP contribution is -2.44. The quantitative estimate of drug-likeness (QED) is 0.822. The zero-order chi connectivity index (χ0) is 18.9. The second-order valence-corrected chi connectivity index (χ2v) is 8.16. The summed E-state index contributed by atoms with van der Waals surface area (Å²) in [4.78, 5) is 13.5. The van der Waals surface area contributed by atoms with Gasteiger partial charge in [-0.15, -0.1) is 0 Å². The zero-order valence-electron chi connectivity index (χ0n) is 15.8. The summed E-state index contributed by atoms with van der Waals surface area (Å²) >= 11 is 0. The minimum atomic E-state index is -0.777. The predicted octanol–water partition coefficient (Wildman–Crippen LogP) is 3.55. The van der Waals surface area contributed by atoms with Gasteiger partial charge in [0.1, 0.15) is 5.82 Å². The molecular formula is C21H26F2N4. The average molecular weight is 372 g/mol. The van der Waals surface area contributed by atoms with Gasteiger partial charge in [-0.3, -0.25) is 9.80 Å². The van der Waals surface area contributed by atoms with Gasteiger partial charge in [-0.1, -0.05) is 6.07 Å². The lowest BCUT2D eigenvalue weighted by molar-refractivity contribution is 0.0865. The van der Waals surface area contributed by atoms with Crippen molar-refractivity contribution in [2.24, 2.45) is 5.41 Å². The van der Waals surface area contributed by atoms with E-state index in [2.05, 4.69) is 19.8 Å². The average Bonchev–Trinajstić information content (AvgIpc) is 3.02. The molecule has 1 atom stereocenters. The number of likely N-dealkylation sites (tertiary alicyclic amines) is 2. The molecule has 27 heavy (non-hydrogen) atoms. The van der Waals surface area contributed by atoms with Crippen LogP contribution in [0.15, 0.2) is 30.6 Å². The molecule has 2 aliphatic rings. The van der Waals surface area contributed by atoms with E-state index in [1.165, 1.54) is 25.0 Å². The van der Waals surface area contributed by atoms with Gasteiger partial charge in [0.25, 0.3) is 0 Å². The Morgan fingerprint density at radius 2 is 1.63 bits per heavy atom. The SMILES string of the molecule is Cc1ncc(CN2CCC3(CCCN(Cc4ccc(F)c(F)c4)C3)C2)cn1. The topological polar surface area (TPSA) is 32.3 Å². The molecule has 2 fully saturated rings. The Kier molecular flexibility index (Phi) is 5.19. The molecule has 4 nitrogen and oxygen atoms in total. The first-order valence-corrected chi connectivity index (χ1v) is 9.68. The van der Waals surface area contributed by atoms with Crippen molar-refractivity contribution in [3.8, 4) is 0 Å². The fourth-order valence-corrected chi connectivity index (χ4v) is 4.60. The Balaban J connectivity index is 1.37. The molecule has 0 N–H and O–H groups in total. The number of piperidine rings is 1. The van der Waals surface area contributed by atoms with Crippen LogP contribution < -0.4 is 0 Å². The van der Waals surface area contributed by atoms with Crippen molar-refractivity contribution in [3.63, 3.8) is 0 Å². The molecule has 6 heteroatoms. The second-order valence-electron chi connectivity index (χ2n) is 8.16. The molecule has 1 aromatic carbocycles. The van der Waals surface area contributed by atoms with E-state index >= 15 is 0 Å². The Morgan fingerprint density at radius 3 is 2.37 bits per heavy atom. The molecule has 4 rings (SSSR count). The van der Waals surface area contributed by atoms with Crippen LogP contribution in [0.25, 0.3) is 0 Å². The summed E-state index contributed by atoms with van der Waals surface area (Å²) in [6.45, 7) is 7.69. The van der Waals surface area contributed by atoms with Crippen LogP contribution in [0.2, 0.25) is 0 Å². The van der Waals surface area contributed by atoms with Gasteiger partial charge in [-0.2, -0.15) is 0 Å². The minimum absolute atomic E-state index is 0.308. The smallest absolute Gasteiger partial charge is 0.159 e. The standard InChI is InChI=1S/C21H26F2N4/c1-16-24-10-18(11-25-16)13-27-8-6-21(15-27)5-2-7-26(14-21)12-17-3-4-19(22)20(23)9-17/h3-4,9-11H,2,5-8,12-15H2,1H3. The molecule has 0 bridgehead atoms. The van der Waals surface area contributed by atoms with E-state index in [9.17, 15) is 8.78 Å². The van der Waals surface area contributed by atoms with Gasteiger partial charge >= 0.3 is 0 Å². The lowest BCUT2D eigenvalue weighted by atomic mass is 9.79. The second kappa shape index (κ2) is 7.60. The van der Waals surface area contributed by atoms with Crippen LogP contribution in [0.4, 0.5) is 8.78 Å². The summed E-state index contributed by atoms with van der Waals surface area (Å²) in [6.07, 6.45) is 7.43. The van der Waals surface area contributed by atoms with Crippen LogP contribution in [-0.2, 0) is 13.1 Å². The highest BCUT2D eigenvalue weighted by atomic mass is 19.2. The van der Waals surface area contributed by atoms with Crippen LogP contribution in [0, 0.1) is 24.0 Å². The first-order chi connectivity index (χ1) is 13.0. The van der Waals surface area contributed by atoms with Crippen molar-refractivity contribution >= 4 is 0 Å². The third-order valence-corrected chi connectivity index (χ3v) is 5.89. The fourth-order valence-electron chi connectivity index (χ4n) is 4.60. The van der Waals surface area contributed by atoms with E-state index in [0.29, 0.717) is 12.0 Å². The molecule has 2 aliphatic heterocycles. The van der Waals surface area contributed by atoms with Crippen molar-refractivity contribution in [1.82, 2.24) is 19.8 Å². The number of aryl methyl sites for hydroxylation is 1. The van der Waals surface area contributed by atoms with Gasteiger partial charge in [0.2, 0.25) is 0 Å². The van der Waals surface area contributed by atoms with Gasteiger partial charge in [-0.05, 0) is 62.4 Å². The Morgan fingerprint density at radius 1 is 0.926 bits per heavy atom. The van der Waals surface area contributed by atoms with Gasteiger partial charge in [0.15, 0.2) is 11.6 Å². The molecule has 0 saturated carbocycles. The first kappa shape index (κ1) is 18.4. The Labute approximate surface area is 159 Å². The number of aromatic nitrogens is 2. The molecule has 3 heterocycles. The van der Waals surface area contributed by atoms with Crippen LogP contribution in [-0.4, -0.2) is 45.9 Å². The summed E-state index contributed by atoms with van der Waals surface area (Å²) in [5, 5.41) is 0. The molecule has 0 aliphatic carbocycles. The number of halogens is 2. The zero-order valence-corrected chi connectivity index (χ0v) is 15.8. The molecule has 0 amide bonds. The number of hydrogen-bond donors (Lipinski definition) is 0.